The first-order valence-corrected chi connectivity index (χ1v) is 8.89. The topological polar surface area (TPSA) is 84.1 Å². The zero-order valence-corrected chi connectivity index (χ0v) is 15.4. The number of imide groups is 1. The van der Waals surface area contributed by atoms with E-state index < -0.39 is 5.54 Å². The van der Waals surface area contributed by atoms with E-state index in [-0.39, 0.29) is 42.9 Å². The molecule has 3 heterocycles. The van der Waals surface area contributed by atoms with Gasteiger partial charge in [0.05, 0.1) is 45.2 Å². The van der Waals surface area contributed by atoms with E-state index in [9.17, 15) is 9.59 Å². The van der Waals surface area contributed by atoms with E-state index in [0.29, 0.717) is 19.8 Å². The Hall–Kier alpha value is -1.22. The number of epoxide rings is 2. The molecule has 0 aromatic heterocycles. The van der Waals surface area contributed by atoms with Gasteiger partial charge in [0.1, 0.15) is 17.7 Å². The minimum atomic E-state index is -0.885. The number of urea groups is 1. The molecule has 4 atom stereocenters. The molecule has 3 aliphatic rings. The van der Waals surface area contributed by atoms with Gasteiger partial charge in [0.2, 0.25) is 0 Å². The molecule has 0 saturated carbocycles. The molecule has 0 aromatic rings. The van der Waals surface area contributed by atoms with Crippen molar-refractivity contribution in [2.24, 2.45) is 0 Å². The highest BCUT2D eigenvalue weighted by Gasteiger charge is 2.51. The second-order valence-electron chi connectivity index (χ2n) is 7.57. The lowest BCUT2D eigenvalue weighted by molar-refractivity contribution is -0.133. The van der Waals surface area contributed by atoms with Crippen LogP contribution in [0.25, 0.3) is 0 Å². The van der Waals surface area contributed by atoms with E-state index in [4.69, 9.17) is 18.9 Å². The van der Waals surface area contributed by atoms with Gasteiger partial charge in [0, 0.05) is 6.54 Å². The molecular formula is C17H28N2O6. The summed E-state index contributed by atoms with van der Waals surface area (Å²) in [6, 6.07) is -0.286. The van der Waals surface area contributed by atoms with Crippen LogP contribution in [0, 0.1) is 0 Å². The van der Waals surface area contributed by atoms with Crippen LogP contribution in [0.5, 0.6) is 0 Å². The van der Waals surface area contributed by atoms with Gasteiger partial charge in [-0.3, -0.25) is 9.69 Å². The number of ether oxygens (including phenoxy) is 4. The fourth-order valence-corrected chi connectivity index (χ4v) is 2.88. The Morgan fingerprint density at radius 3 is 2.00 bits per heavy atom. The number of hydrogen-bond donors (Lipinski definition) is 0. The van der Waals surface area contributed by atoms with Gasteiger partial charge in [0.25, 0.3) is 5.91 Å². The molecule has 0 N–H and O–H groups in total. The first-order chi connectivity index (χ1) is 11.8. The summed E-state index contributed by atoms with van der Waals surface area (Å²) in [5.41, 5.74) is -0.885. The molecule has 3 amide bonds. The molecule has 0 radical (unpaired) electrons. The Morgan fingerprint density at radius 1 is 1.04 bits per heavy atom. The molecule has 25 heavy (non-hydrogen) atoms. The standard InChI is InChI=1S/C17H28N2O6/c1-11(22-7-13-9-24-13)5-18-15(20)17(3,4)19(16(18)21)6-12(2)23-8-14-10-25-14/h11-14H,5-10H2,1-4H3. The van der Waals surface area contributed by atoms with Crippen LogP contribution >= 0.6 is 0 Å². The van der Waals surface area contributed by atoms with Crippen molar-refractivity contribution in [3.05, 3.63) is 0 Å². The van der Waals surface area contributed by atoms with Gasteiger partial charge in [-0.1, -0.05) is 0 Å². The van der Waals surface area contributed by atoms with Gasteiger partial charge in [0.15, 0.2) is 0 Å². The van der Waals surface area contributed by atoms with Crippen molar-refractivity contribution in [3.63, 3.8) is 0 Å². The summed E-state index contributed by atoms with van der Waals surface area (Å²) < 4.78 is 21.6. The normalized spacial score (nSPS) is 29.9. The summed E-state index contributed by atoms with van der Waals surface area (Å²) in [4.78, 5) is 28.4. The van der Waals surface area contributed by atoms with E-state index in [2.05, 4.69) is 0 Å². The average Bonchev–Trinajstić information content (AvgIpc) is 3.45. The Kier molecular flexibility index (Phi) is 5.34. The molecule has 3 saturated heterocycles. The lowest BCUT2D eigenvalue weighted by Crippen LogP contribution is -2.47. The Balaban J connectivity index is 1.54. The van der Waals surface area contributed by atoms with Crippen molar-refractivity contribution in [1.82, 2.24) is 9.80 Å². The van der Waals surface area contributed by atoms with Crippen LogP contribution in [0.4, 0.5) is 4.79 Å². The zero-order valence-electron chi connectivity index (χ0n) is 15.4. The second kappa shape index (κ2) is 7.19. The average molecular weight is 356 g/mol. The third kappa shape index (κ3) is 4.49. The van der Waals surface area contributed by atoms with E-state index >= 15 is 0 Å². The molecule has 3 aliphatic heterocycles. The lowest BCUT2D eigenvalue weighted by atomic mass is 10.0. The summed E-state index contributed by atoms with van der Waals surface area (Å²) in [7, 11) is 0. The third-order valence-corrected chi connectivity index (χ3v) is 4.72. The Bertz CT molecular complexity index is 517. The Labute approximate surface area is 148 Å². The van der Waals surface area contributed by atoms with Crippen LogP contribution in [0.15, 0.2) is 0 Å². The third-order valence-electron chi connectivity index (χ3n) is 4.72. The van der Waals surface area contributed by atoms with E-state index in [1.54, 1.807) is 18.7 Å². The maximum absolute atomic E-state index is 12.8. The first-order valence-electron chi connectivity index (χ1n) is 8.89. The summed E-state index contributed by atoms with van der Waals surface area (Å²) in [5.74, 6) is -0.201. The highest BCUT2D eigenvalue weighted by atomic mass is 16.6. The maximum atomic E-state index is 12.8. The number of carbonyl (C=O) groups excluding carboxylic acids is 2. The quantitative estimate of drug-likeness (QED) is 0.422. The van der Waals surface area contributed by atoms with Crippen molar-refractivity contribution >= 4 is 11.9 Å². The van der Waals surface area contributed by atoms with Crippen molar-refractivity contribution in [2.75, 3.05) is 39.5 Å². The molecule has 142 valence electrons. The summed E-state index contributed by atoms with van der Waals surface area (Å²) in [6.45, 7) is 10.4. The SMILES string of the molecule is CC(CN1C(=O)N(CC(C)OCC2CO2)C(C)(C)C1=O)OCC1CO1. The largest absolute Gasteiger partial charge is 0.374 e. The molecule has 4 unspecified atom stereocenters. The fraction of sp³-hybridized carbons (Fsp3) is 0.882. The highest BCUT2D eigenvalue weighted by Crippen LogP contribution is 2.28. The van der Waals surface area contributed by atoms with Crippen LogP contribution in [-0.2, 0) is 23.7 Å². The predicted molar refractivity (Wildman–Crippen MR) is 88.2 cm³/mol. The number of carbonyl (C=O) groups is 2. The molecule has 0 aliphatic carbocycles. The van der Waals surface area contributed by atoms with E-state index in [1.807, 2.05) is 13.8 Å². The number of nitrogens with zero attached hydrogens (tertiary/aromatic N) is 2. The van der Waals surface area contributed by atoms with Crippen molar-refractivity contribution in [2.45, 2.75) is 57.6 Å². The van der Waals surface area contributed by atoms with Crippen molar-refractivity contribution in [3.8, 4) is 0 Å². The predicted octanol–water partition coefficient (Wildman–Crippen LogP) is 0.637. The zero-order chi connectivity index (χ0) is 18.2. The van der Waals surface area contributed by atoms with Gasteiger partial charge in [-0.25, -0.2) is 4.79 Å². The lowest BCUT2D eigenvalue weighted by Gasteiger charge is -2.30. The first kappa shape index (κ1) is 18.6. The van der Waals surface area contributed by atoms with Crippen molar-refractivity contribution in [1.29, 1.82) is 0 Å². The van der Waals surface area contributed by atoms with Crippen LogP contribution < -0.4 is 0 Å². The van der Waals surface area contributed by atoms with Crippen LogP contribution in [0.2, 0.25) is 0 Å². The van der Waals surface area contributed by atoms with E-state index in [0.717, 1.165) is 13.2 Å². The Morgan fingerprint density at radius 2 is 1.52 bits per heavy atom. The minimum absolute atomic E-state index is 0.161. The molecule has 0 aromatic carbocycles. The second-order valence-corrected chi connectivity index (χ2v) is 7.57. The fourth-order valence-electron chi connectivity index (χ4n) is 2.88. The summed E-state index contributed by atoms with van der Waals surface area (Å²) in [5, 5.41) is 0. The van der Waals surface area contributed by atoms with Crippen molar-refractivity contribution < 1.29 is 28.5 Å². The molecule has 0 bridgehead atoms. The number of amides is 3. The molecule has 0 spiro atoms. The number of rotatable bonds is 10. The summed E-state index contributed by atoms with van der Waals surface area (Å²) >= 11 is 0. The molecule has 8 nitrogen and oxygen atoms in total. The van der Waals surface area contributed by atoms with Gasteiger partial charge < -0.3 is 23.8 Å². The monoisotopic (exact) mass is 356 g/mol. The molecule has 8 heteroatoms. The van der Waals surface area contributed by atoms with Gasteiger partial charge in [-0.2, -0.15) is 0 Å². The number of hydrogen-bond acceptors (Lipinski definition) is 6. The summed E-state index contributed by atoms with van der Waals surface area (Å²) in [6.07, 6.45) is -0.0560. The maximum Gasteiger partial charge on any atom is 0.327 e. The van der Waals surface area contributed by atoms with Gasteiger partial charge >= 0.3 is 6.03 Å². The van der Waals surface area contributed by atoms with Crippen LogP contribution in [-0.4, -0.2) is 91.2 Å². The van der Waals surface area contributed by atoms with Gasteiger partial charge in [-0.15, -0.1) is 0 Å². The van der Waals surface area contributed by atoms with Crippen LogP contribution in [0.3, 0.4) is 0 Å². The smallest absolute Gasteiger partial charge is 0.327 e. The minimum Gasteiger partial charge on any atom is -0.374 e. The van der Waals surface area contributed by atoms with Crippen LogP contribution in [0.1, 0.15) is 27.7 Å². The molecule has 3 fully saturated rings. The molecular weight excluding hydrogens is 328 g/mol. The highest BCUT2D eigenvalue weighted by molar-refractivity contribution is 6.06. The van der Waals surface area contributed by atoms with Gasteiger partial charge in [-0.05, 0) is 27.7 Å². The van der Waals surface area contributed by atoms with E-state index in [1.165, 1.54) is 4.90 Å². The molecule has 3 rings (SSSR count).